The summed E-state index contributed by atoms with van der Waals surface area (Å²) in [4.78, 5) is 6.57. The van der Waals surface area contributed by atoms with Gasteiger partial charge in [0.25, 0.3) is 0 Å². The Balaban J connectivity index is 1.79. The molecule has 0 spiro atoms. The van der Waals surface area contributed by atoms with E-state index in [2.05, 4.69) is 29.0 Å². The van der Waals surface area contributed by atoms with Gasteiger partial charge < -0.3 is 15.0 Å². The number of nitrogens with zero attached hydrogens (tertiary/aromatic N) is 2. The van der Waals surface area contributed by atoms with Crippen LogP contribution < -0.4 is 10.1 Å². The molecule has 100 valence electrons. The molecule has 1 N–H and O–H groups in total. The molecule has 0 unspecified atom stereocenters. The maximum absolute atomic E-state index is 5.99. The third-order valence-corrected chi connectivity index (χ3v) is 3.27. The summed E-state index contributed by atoms with van der Waals surface area (Å²) < 4.78 is 5.99. The Bertz CT molecular complexity index is 347. The number of pyridine rings is 1. The lowest BCUT2D eigenvalue weighted by Gasteiger charge is -2.32. The molecule has 0 bridgehead atoms. The highest BCUT2D eigenvalue weighted by atomic mass is 16.5. The minimum Gasteiger partial charge on any atom is -0.486 e. The van der Waals surface area contributed by atoms with Gasteiger partial charge in [-0.25, -0.2) is 0 Å². The first-order chi connectivity index (χ1) is 8.66. The van der Waals surface area contributed by atoms with Crippen LogP contribution >= 0.6 is 0 Å². The molecule has 1 aliphatic heterocycles. The second-order valence-corrected chi connectivity index (χ2v) is 5.39. The van der Waals surface area contributed by atoms with Crippen LogP contribution in [-0.4, -0.2) is 48.2 Å². The van der Waals surface area contributed by atoms with E-state index in [1.54, 1.807) is 12.4 Å². The molecule has 2 heterocycles. The van der Waals surface area contributed by atoms with E-state index < -0.39 is 0 Å². The smallest absolute Gasteiger partial charge is 0.138 e. The monoisotopic (exact) mass is 249 g/mol. The molecule has 0 atom stereocenters. The number of nitrogens with one attached hydrogen (secondary N) is 1. The quantitative estimate of drug-likeness (QED) is 0.859. The van der Waals surface area contributed by atoms with Gasteiger partial charge in [0.05, 0.1) is 6.20 Å². The first kappa shape index (κ1) is 13.3. The molecule has 1 aromatic rings. The number of hydrogen-bond acceptors (Lipinski definition) is 4. The van der Waals surface area contributed by atoms with Crippen LogP contribution in [0.1, 0.15) is 20.3 Å². The van der Waals surface area contributed by atoms with Gasteiger partial charge in [0.1, 0.15) is 11.4 Å². The Morgan fingerprint density at radius 1 is 1.39 bits per heavy atom. The van der Waals surface area contributed by atoms with Gasteiger partial charge in [-0.15, -0.1) is 0 Å². The predicted molar refractivity (Wildman–Crippen MR) is 72.9 cm³/mol. The number of piperazine rings is 1. The fourth-order valence-corrected chi connectivity index (χ4v) is 2.14. The Labute approximate surface area is 109 Å². The molecule has 1 aromatic heterocycles. The molecule has 0 aromatic carbocycles. The van der Waals surface area contributed by atoms with Crippen molar-refractivity contribution in [2.75, 3.05) is 32.7 Å². The molecule has 1 aliphatic rings. The average Bonchev–Trinajstić information content (AvgIpc) is 2.38. The van der Waals surface area contributed by atoms with Crippen LogP contribution in [0, 0.1) is 0 Å². The van der Waals surface area contributed by atoms with Crippen molar-refractivity contribution in [3.63, 3.8) is 0 Å². The van der Waals surface area contributed by atoms with E-state index in [0.29, 0.717) is 0 Å². The number of ether oxygens (including phenoxy) is 1. The zero-order valence-corrected chi connectivity index (χ0v) is 11.4. The maximum Gasteiger partial charge on any atom is 0.138 e. The van der Waals surface area contributed by atoms with E-state index in [0.717, 1.165) is 44.9 Å². The van der Waals surface area contributed by atoms with Gasteiger partial charge in [0, 0.05) is 38.9 Å². The van der Waals surface area contributed by atoms with E-state index in [1.807, 2.05) is 12.1 Å². The van der Waals surface area contributed by atoms with Crippen LogP contribution in [0.25, 0.3) is 0 Å². The largest absolute Gasteiger partial charge is 0.486 e. The molecule has 4 heteroatoms. The van der Waals surface area contributed by atoms with Gasteiger partial charge in [-0.3, -0.25) is 4.98 Å². The van der Waals surface area contributed by atoms with Gasteiger partial charge in [0.2, 0.25) is 0 Å². The van der Waals surface area contributed by atoms with E-state index in [9.17, 15) is 0 Å². The summed E-state index contributed by atoms with van der Waals surface area (Å²) in [6.45, 7) is 9.86. The topological polar surface area (TPSA) is 37.4 Å². The molecular formula is C14H23N3O. The Kier molecular flexibility index (Phi) is 4.55. The van der Waals surface area contributed by atoms with Crippen LogP contribution in [0.3, 0.4) is 0 Å². The summed E-state index contributed by atoms with van der Waals surface area (Å²) >= 11 is 0. The number of rotatable bonds is 5. The SMILES string of the molecule is CC(C)(CCN1CCNCC1)Oc1cccnc1. The standard InChI is InChI=1S/C14H23N3O/c1-14(2,18-13-4-3-6-16-12-13)5-9-17-10-7-15-8-11-17/h3-4,6,12,15H,5,7-11H2,1-2H3. The molecule has 0 amide bonds. The van der Waals surface area contributed by atoms with E-state index in [-0.39, 0.29) is 5.60 Å². The van der Waals surface area contributed by atoms with Crippen LogP contribution in [-0.2, 0) is 0 Å². The second kappa shape index (κ2) is 6.16. The maximum atomic E-state index is 5.99. The Morgan fingerprint density at radius 3 is 2.83 bits per heavy atom. The van der Waals surface area contributed by atoms with Gasteiger partial charge in [-0.2, -0.15) is 0 Å². The predicted octanol–water partition coefficient (Wildman–Crippen LogP) is 1.53. The van der Waals surface area contributed by atoms with Crippen molar-refractivity contribution in [1.29, 1.82) is 0 Å². The minimum atomic E-state index is -0.145. The van der Waals surface area contributed by atoms with Crippen LogP contribution in [0.2, 0.25) is 0 Å². The average molecular weight is 249 g/mol. The Hall–Kier alpha value is -1.13. The van der Waals surface area contributed by atoms with Crippen molar-refractivity contribution < 1.29 is 4.74 Å². The van der Waals surface area contributed by atoms with Crippen molar-refractivity contribution in [3.8, 4) is 5.75 Å². The number of hydrogen-bond donors (Lipinski definition) is 1. The third kappa shape index (κ3) is 4.27. The lowest BCUT2D eigenvalue weighted by atomic mass is 10.0. The molecule has 0 saturated carbocycles. The highest BCUT2D eigenvalue weighted by Crippen LogP contribution is 2.20. The summed E-state index contributed by atoms with van der Waals surface area (Å²) in [5.74, 6) is 0.850. The Morgan fingerprint density at radius 2 is 2.17 bits per heavy atom. The highest BCUT2D eigenvalue weighted by molar-refractivity contribution is 5.16. The molecule has 1 saturated heterocycles. The van der Waals surface area contributed by atoms with Crippen molar-refractivity contribution in [2.45, 2.75) is 25.9 Å². The van der Waals surface area contributed by atoms with Gasteiger partial charge in [-0.05, 0) is 32.4 Å². The van der Waals surface area contributed by atoms with Crippen LogP contribution in [0.4, 0.5) is 0 Å². The molecule has 2 rings (SSSR count). The minimum absolute atomic E-state index is 0.145. The van der Waals surface area contributed by atoms with E-state index >= 15 is 0 Å². The zero-order valence-electron chi connectivity index (χ0n) is 11.4. The van der Waals surface area contributed by atoms with E-state index in [1.165, 1.54) is 0 Å². The molecule has 18 heavy (non-hydrogen) atoms. The molecule has 4 nitrogen and oxygen atoms in total. The highest BCUT2D eigenvalue weighted by Gasteiger charge is 2.21. The summed E-state index contributed by atoms with van der Waals surface area (Å²) in [6, 6.07) is 3.86. The number of aromatic nitrogens is 1. The van der Waals surface area contributed by atoms with Crippen molar-refractivity contribution >= 4 is 0 Å². The van der Waals surface area contributed by atoms with Crippen molar-refractivity contribution in [2.24, 2.45) is 0 Å². The lowest BCUT2D eigenvalue weighted by molar-refractivity contribution is 0.0805. The summed E-state index contributed by atoms with van der Waals surface area (Å²) in [6.07, 6.45) is 4.56. The van der Waals surface area contributed by atoms with Gasteiger partial charge >= 0.3 is 0 Å². The summed E-state index contributed by atoms with van der Waals surface area (Å²) in [5, 5.41) is 3.37. The molecular weight excluding hydrogens is 226 g/mol. The van der Waals surface area contributed by atoms with Crippen LogP contribution in [0.5, 0.6) is 5.75 Å². The van der Waals surface area contributed by atoms with Gasteiger partial charge in [0.15, 0.2) is 0 Å². The van der Waals surface area contributed by atoms with Crippen LogP contribution in [0.15, 0.2) is 24.5 Å². The lowest BCUT2D eigenvalue weighted by Crippen LogP contribution is -2.45. The third-order valence-electron chi connectivity index (χ3n) is 3.27. The normalized spacial score (nSPS) is 17.7. The zero-order chi connectivity index (χ0) is 12.8. The van der Waals surface area contributed by atoms with Crippen molar-refractivity contribution in [1.82, 2.24) is 15.2 Å². The molecule has 1 fully saturated rings. The second-order valence-electron chi connectivity index (χ2n) is 5.39. The summed E-state index contributed by atoms with van der Waals surface area (Å²) in [5.41, 5.74) is -0.145. The molecule has 0 aliphatic carbocycles. The first-order valence-corrected chi connectivity index (χ1v) is 6.68. The van der Waals surface area contributed by atoms with E-state index in [4.69, 9.17) is 4.74 Å². The van der Waals surface area contributed by atoms with Crippen molar-refractivity contribution in [3.05, 3.63) is 24.5 Å². The molecule has 0 radical (unpaired) electrons. The fraction of sp³-hybridized carbons (Fsp3) is 0.643. The fourth-order valence-electron chi connectivity index (χ4n) is 2.14. The summed E-state index contributed by atoms with van der Waals surface area (Å²) in [7, 11) is 0. The first-order valence-electron chi connectivity index (χ1n) is 6.68. The van der Waals surface area contributed by atoms with Gasteiger partial charge in [-0.1, -0.05) is 0 Å².